The first-order valence-corrected chi connectivity index (χ1v) is 5.33. The molecule has 88 valence electrons. The maximum Gasteiger partial charge on any atom is 0.211 e. The van der Waals surface area contributed by atoms with Gasteiger partial charge in [0.1, 0.15) is 12.0 Å². The van der Waals surface area contributed by atoms with Gasteiger partial charge in [-0.3, -0.25) is 4.79 Å². The summed E-state index contributed by atoms with van der Waals surface area (Å²) < 4.78 is 0. The molecular formula is C12H9N5O. The summed E-state index contributed by atoms with van der Waals surface area (Å²) in [7, 11) is 0. The summed E-state index contributed by atoms with van der Waals surface area (Å²) in [6.45, 7) is 0. The number of hydrogen-bond acceptors (Lipinski definition) is 4. The van der Waals surface area contributed by atoms with Crippen LogP contribution in [-0.4, -0.2) is 26.3 Å². The lowest BCUT2D eigenvalue weighted by Crippen LogP contribution is -1.92. The van der Waals surface area contributed by atoms with Crippen molar-refractivity contribution in [1.29, 1.82) is 0 Å². The topological polar surface area (TPSA) is 83.6 Å². The van der Waals surface area contributed by atoms with E-state index in [0.29, 0.717) is 12.2 Å². The molecule has 18 heavy (non-hydrogen) atoms. The molecule has 0 aliphatic rings. The van der Waals surface area contributed by atoms with Gasteiger partial charge in [0.25, 0.3) is 0 Å². The Kier molecular flexibility index (Phi) is 2.45. The minimum absolute atomic E-state index is 0.642. The van der Waals surface area contributed by atoms with Gasteiger partial charge in [0, 0.05) is 11.9 Å². The number of aromatic nitrogens is 4. The number of H-pyrrole nitrogens is 1. The maximum atomic E-state index is 10.4. The zero-order valence-corrected chi connectivity index (χ0v) is 9.29. The Bertz CT molecular complexity index is 692. The van der Waals surface area contributed by atoms with Crippen LogP contribution in [0.25, 0.3) is 22.6 Å². The number of benzene rings is 1. The number of anilines is 1. The van der Waals surface area contributed by atoms with E-state index in [1.807, 2.05) is 12.1 Å². The van der Waals surface area contributed by atoms with Crippen LogP contribution in [0.4, 0.5) is 5.69 Å². The molecule has 1 amide bonds. The largest absolute Gasteiger partial charge is 0.337 e. The number of rotatable bonds is 3. The lowest BCUT2D eigenvalue weighted by Gasteiger charge is -1.96. The highest BCUT2D eigenvalue weighted by molar-refractivity contribution is 5.84. The summed E-state index contributed by atoms with van der Waals surface area (Å²) in [5.74, 6) is 0.677. The van der Waals surface area contributed by atoms with Gasteiger partial charge in [-0.05, 0) is 24.3 Å². The maximum absolute atomic E-state index is 10.4. The number of amides is 1. The van der Waals surface area contributed by atoms with E-state index in [-0.39, 0.29) is 0 Å². The SMILES string of the molecule is O=CNc1ccc2nc(-c3ccncn3)[nH]c2c1. The molecule has 1 aromatic carbocycles. The predicted molar refractivity (Wildman–Crippen MR) is 66.8 cm³/mol. The molecule has 0 atom stereocenters. The second kappa shape index (κ2) is 4.25. The van der Waals surface area contributed by atoms with Crippen molar-refractivity contribution in [2.45, 2.75) is 0 Å². The lowest BCUT2D eigenvalue weighted by atomic mass is 10.3. The third-order valence-electron chi connectivity index (χ3n) is 2.53. The third-order valence-corrected chi connectivity index (χ3v) is 2.53. The lowest BCUT2D eigenvalue weighted by molar-refractivity contribution is -0.105. The van der Waals surface area contributed by atoms with E-state index in [4.69, 9.17) is 0 Å². The van der Waals surface area contributed by atoms with Crippen LogP contribution in [-0.2, 0) is 4.79 Å². The first-order valence-electron chi connectivity index (χ1n) is 5.33. The van der Waals surface area contributed by atoms with Crippen molar-refractivity contribution in [1.82, 2.24) is 19.9 Å². The average molecular weight is 239 g/mol. The highest BCUT2D eigenvalue weighted by Gasteiger charge is 2.06. The summed E-state index contributed by atoms with van der Waals surface area (Å²) in [4.78, 5) is 25.9. The van der Waals surface area contributed by atoms with Gasteiger partial charge < -0.3 is 10.3 Å². The average Bonchev–Trinajstić information content (AvgIpc) is 2.83. The molecule has 2 heterocycles. The van der Waals surface area contributed by atoms with Crippen molar-refractivity contribution >= 4 is 23.1 Å². The minimum atomic E-state index is 0.642. The van der Waals surface area contributed by atoms with Gasteiger partial charge in [0.05, 0.1) is 11.0 Å². The molecule has 3 aromatic rings. The summed E-state index contributed by atoms with van der Waals surface area (Å²) >= 11 is 0. The Balaban J connectivity index is 2.08. The molecule has 2 aromatic heterocycles. The van der Waals surface area contributed by atoms with Gasteiger partial charge in [-0.1, -0.05) is 0 Å². The number of carbonyl (C=O) groups is 1. The van der Waals surface area contributed by atoms with Crippen LogP contribution in [0.15, 0.2) is 36.8 Å². The highest BCUT2D eigenvalue weighted by atomic mass is 16.1. The number of nitrogens with one attached hydrogen (secondary N) is 2. The van der Waals surface area contributed by atoms with Crippen LogP contribution < -0.4 is 5.32 Å². The van der Waals surface area contributed by atoms with Crippen LogP contribution >= 0.6 is 0 Å². The number of aromatic amines is 1. The van der Waals surface area contributed by atoms with E-state index in [0.717, 1.165) is 22.4 Å². The molecule has 0 bridgehead atoms. The molecule has 0 aliphatic heterocycles. The normalized spacial score (nSPS) is 10.4. The molecule has 0 fully saturated rings. The zero-order valence-electron chi connectivity index (χ0n) is 9.29. The standard InChI is InChI=1S/C12H9N5O/c18-7-15-8-1-2-9-11(5-8)17-12(16-9)10-3-4-13-6-14-10/h1-7H,(H,15,18)(H,16,17). The van der Waals surface area contributed by atoms with Crippen molar-refractivity contribution in [3.05, 3.63) is 36.8 Å². The Morgan fingerprint density at radius 2 is 2.22 bits per heavy atom. The van der Waals surface area contributed by atoms with Gasteiger partial charge in [-0.25, -0.2) is 15.0 Å². The van der Waals surface area contributed by atoms with Crippen molar-refractivity contribution in [2.24, 2.45) is 0 Å². The first kappa shape index (κ1) is 10.4. The van der Waals surface area contributed by atoms with Crippen molar-refractivity contribution < 1.29 is 4.79 Å². The molecule has 0 radical (unpaired) electrons. The summed E-state index contributed by atoms with van der Waals surface area (Å²) in [5.41, 5.74) is 3.11. The van der Waals surface area contributed by atoms with Crippen LogP contribution in [0.1, 0.15) is 0 Å². The van der Waals surface area contributed by atoms with E-state index >= 15 is 0 Å². The molecule has 6 heteroatoms. The quantitative estimate of drug-likeness (QED) is 0.680. The summed E-state index contributed by atoms with van der Waals surface area (Å²) in [6, 6.07) is 7.23. The molecule has 0 unspecified atom stereocenters. The summed E-state index contributed by atoms with van der Waals surface area (Å²) in [6.07, 6.45) is 3.78. The second-order valence-corrected chi connectivity index (χ2v) is 3.67. The molecule has 6 nitrogen and oxygen atoms in total. The van der Waals surface area contributed by atoms with E-state index in [1.54, 1.807) is 18.3 Å². The highest BCUT2D eigenvalue weighted by Crippen LogP contribution is 2.20. The monoisotopic (exact) mass is 239 g/mol. The molecule has 2 N–H and O–H groups in total. The van der Waals surface area contributed by atoms with Gasteiger partial charge in [-0.15, -0.1) is 0 Å². The second-order valence-electron chi connectivity index (χ2n) is 3.67. The van der Waals surface area contributed by atoms with Gasteiger partial charge >= 0.3 is 0 Å². The molecular weight excluding hydrogens is 230 g/mol. The number of fused-ring (bicyclic) bond motifs is 1. The van der Waals surface area contributed by atoms with E-state index < -0.39 is 0 Å². The van der Waals surface area contributed by atoms with Crippen molar-refractivity contribution in [2.75, 3.05) is 5.32 Å². The van der Waals surface area contributed by atoms with Gasteiger partial charge in [0.15, 0.2) is 5.82 Å². The fourth-order valence-corrected chi connectivity index (χ4v) is 1.72. The zero-order chi connectivity index (χ0) is 12.4. The number of nitrogens with zero attached hydrogens (tertiary/aromatic N) is 3. The summed E-state index contributed by atoms with van der Waals surface area (Å²) in [5, 5.41) is 2.59. The molecule has 0 aliphatic carbocycles. The predicted octanol–water partition coefficient (Wildman–Crippen LogP) is 1.59. The van der Waals surface area contributed by atoms with Gasteiger partial charge in [-0.2, -0.15) is 0 Å². The van der Waals surface area contributed by atoms with Gasteiger partial charge in [0.2, 0.25) is 6.41 Å². The number of imidazole rings is 1. The Morgan fingerprint density at radius 1 is 1.28 bits per heavy atom. The van der Waals surface area contributed by atoms with E-state index in [2.05, 4.69) is 25.3 Å². The molecule has 0 saturated carbocycles. The van der Waals surface area contributed by atoms with E-state index in [9.17, 15) is 4.79 Å². The van der Waals surface area contributed by atoms with Crippen LogP contribution in [0, 0.1) is 0 Å². The Morgan fingerprint density at radius 3 is 3.00 bits per heavy atom. The molecule has 0 spiro atoms. The number of hydrogen-bond donors (Lipinski definition) is 2. The van der Waals surface area contributed by atoms with Crippen LogP contribution in [0.5, 0.6) is 0 Å². The third kappa shape index (κ3) is 1.80. The first-order chi connectivity index (χ1) is 8.86. The van der Waals surface area contributed by atoms with Crippen LogP contribution in [0.2, 0.25) is 0 Å². The van der Waals surface area contributed by atoms with Crippen molar-refractivity contribution in [3.63, 3.8) is 0 Å². The van der Waals surface area contributed by atoms with Crippen LogP contribution in [0.3, 0.4) is 0 Å². The number of carbonyl (C=O) groups excluding carboxylic acids is 1. The molecule has 3 rings (SSSR count). The Labute approximate surface area is 102 Å². The Hall–Kier alpha value is -2.76. The smallest absolute Gasteiger partial charge is 0.211 e. The fourth-order valence-electron chi connectivity index (χ4n) is 1.72. The molecule has 0 saturated heterocycles. The fraction of sp³-hybridized carbons (Fsp3) is 0. The van der Waals surface area contributed by atoms with Crippen molar-refractivity contribution in [3.8, 4) is 11.5 Å². The minimum Gasteiger partial charge on any atom is -0.337 e. The van der Waals surface area contributed by atoms with E-state index in [1.165, 1.54) is 6.33 Å².